The molecule has 0 aromatic heterocycles. The first-order valence-electron chi connectivity index (χ1n) is 4.62. The molecule has 1 aromatic carbocycles. The van der Waals surface area contributed by atoms with Gasteiger partial charge >= 0.3 is 5.97 Å². The van der Waals surface area contributed by atoms with E-state index in [1.54, 1.807) is 6.92 Å². The van der Waals surface area contributed by atoms with Crippen molar-refractivity contribution in [2.75, 3.05) is 6.61 Å². The number of esters is 1. The van der Waals surface area contributed by atoms with Gasteiger partial charge in [-0.05, 0) is 47.0 Å². The Morgan fingerprint density at radius 3 is 2.60 bits per heavy atom. The number of hydrogen-bond donors (Lipinski definition) is 0. The van der Waals surface area contributed by atoms with Crippen molar-refractivity contribution in [3.63, 3.8) is 0 Å². The number of rotatable bonds is 3. The zero-order valence-electron chi connectivity index (χ0n) is 8.64. The Labute approximate surface area is 106 Å². The van der Waals surface area contributed by atoms with Crippen molar-refractivity contribution < 1.29 is 9.53 Å². The van der Waals surface area contributed by atoms with Crippen LogP contribution in [0.5, 0.6) is 0 Å². The molecule has 0 spiro atoms. The van der Waals surface area contributed by atoms with Crippen LogP contribution in [0.15, 0.2) is 16.6 Å². The molecule has 0 radical (unpaired) electrons. The van der Waals surface area contributed by atoms with Crippen molar-refractivity contribution in [2.45, 2.75) is 19.2 Å². The molecule has 82 valence electrons. The van der Waals surface area contributed by atoms with E-state index in [2.05, 4.69) is 31.9 Å². The summed E-state index contributed by atoms with van der Waals surface area (Å²) in [5.74, 6) is -0.275. The molecule has 0 aliphatic rings. The Hall–Kier alpha value is -0.350. The molecule has 0 N–H and O–H groups in total. The molecule has 0 aliphatic carbocycles. The van der Waals surface area contributed by atoms with Gasteiger partial charge in [0, 0.05) is 9.80 Å². The van der Waals surface area contributed by atoms with Gasteiger partial charge in [0.05, 0.1) is 12.2 Å². The fraction of sp³-hybridized carbons (Fsp3) is 0.364. The summed E-state index contributed by atoms with van der Waals surface area (Å²) >= 11 is 6.77. The van der Waals surface area contributed by atoms with E-state index in [0.717, 1.165) is 20.9 Å². The average Bonchev–Trinajstić information content (AvgIpc) is 2.16. The lowest BCUT2D eigenvalue weighted by Gasteiger charge is -2.09. The molecule has 15 heavy (non-hydrogen) atoms. The molecular formula is C11H12Br2O2. The van der Waals surface area contributed by atoms with E-state index in [0.29, 0.717) is 12.2 Å². The molecule has 4 heteroatoms. The lowest BCUT2D eigenvalue weighted by Crippen LogP contribution is -2.08. The molecule has 0 saturated carbocycles. The number of carbonyl (C=O) groups excluding carboxylic acids is 1. The number of halogens is 2. The lowest BCUT2D eigenvalue weighted by atomic mass is 10.1. The van der Waals surface area contributed by atoms with E-state index >= 15 is 0 Å². The van der Waals surface area contributed by atoms with Crippen LogP contribution in [-0.2, 0) is 10.1 Å². The molecule has 0 amide bonds. The quantitative estimate of drug-likeness (QED) is 0.620. The maximum absolute atomic E-state index is 11.6. The van der Waals surface area contributed by atoms with Gasteiger partial charge in [0.15, 0.2) is 0 Å². The summed E-state index contributed by atoms with van der Waals surface area (Å²) < 4.78 is 5.77. The highest BCUT2D eigenvalue weighted by Crippen LogP contribution is 2.24. The third kappa shape index (κ3) is 3.05. The number of benzene rings is 1. The van der Waals surface area contributed by atoms with E-state index in [4.69, 9.17) is 4.74 Å². The van der Waals surface area contributed by atoms with Crippen LogP contribution >= 0.6 is 31.9 Å². The van der Waals surface area contributed by atoms with Crippen molar-refractivity contribution in [1.29, 1.82) is 0 Å². The summed E-state index contributed by atoms with van der Waals surface area (Å²) in [6.07, 6.45) is 0. The van der Waals surface area contributed by atoms with E-state index in [9.17, 15) is 4.79 Å². The minimum atomic E-state index is -0.275. The molecule has 0 unspecified atom stereocenters. The van der Waals surface area contributed by atoms with E-state index in [1.165, 1.54) is 0 Å². The van der Waals surface area contributed by atoms with Crippen molar-refractivity contribution in [1.82, 2.24) is 0 Å². The number of ether oxygens (including phenoxy) is 1. The monoisotopic (exact) mass is 334 g/mol. The maximum Gasteiger partial charge on any atom is 0.339 e. The molecular weight excluding hydrogens is 324 g/mol. The van der Waals surface area contributed by atoms with Crippen LogP contribution in [0.4, 0.5) is 0 Å². The molecule has 2 nitrogen and oxygen atoms in total. The predicted molar refractivity (Wildman–Crippen MR) is 67.5 cm³/mol. The Balaban J connectivity index is 3.13. The molecule has 1 aromatic rings. The van der Waals surface area contributed by atoms with E-state index in [-0.39, 0.29) is 5.97 Å². The highest BCUT2D eigenvalue weighted by Gasteiger charge is 2.14. The van der Waals surface area contributed by atoms with E-state index < -0.39 is 0 Å². The normalized spacial score (nSPS) is 10.1. The maximum atomic E-state index is 11.6. The number of carbonyl (C=O) groups is 1. The van der Waals surface area contributed by atoms with Gasteiger partial charge in [0.25, 0.3) is 0 Å². The van der Waals surface area contributed by atoms with Gasteiger partial charge in [-0.3, -0.25) is 0 Å². The standard InChI is InChI=1S/C11H12Br2O2/c1-3-15-11(14)10-7(2)4-8(6-12)5-9(10)13/h4-5H,3,6H2,1-2H3. The molecule has 0 aliphatic heterocycles. The van der Waals surface area contributed by atoms with Crippen LogP contribution in [0.1, 0.15) is 28.4 Å². The summed E-state index contributed by atoms with van der Waals surface area (Å²) in [6, 6.07) is 3.90. The SMILES string of the molecule is CCOC(=O)c1c(C)cc(CBr)cc1Br. The number of alkyl halides is 1. The zero-order chi connectivity index (χ0) is 11.4. The molecule has 0 saturated heterocycles. The van der Waals surface area contributed by atoms with Gasteiger partial charge in [-0.2, -0.15) is 0 Å². The average molecular weight is 336 g/mol. The predicted octanol–water partition coefficient (Wildman–Crippen LogP) is 3.83. The molecule has 0 bridgehead atoms. The first kappa shape index (κ1) is 12.7. The highest BCUT2D eigenvalue weighted by atomic mass is 79.9. The van der Waals surface area contributed by atoms with E-state index in [1.807, 2.05) is 19.1 Å². The molecule has 0 fully saturated rings. The largest absolute Gasteiger partial charge is 0.462 e. The summed E-state index contributed by atoms with van der Waals surface area (Å²) in [4.78, 5) is 11.6. The van der Waals surface area contributed by atoms with Crippen LogP contribution in [0.3, 0.4) is 0 Å². The Bertz CT molecular complexity index is 352. The number of aryl methyl sites for hydroxylation is 1. The van der Waals surface area contributed by atoms with Gasteiger partial charge < -0.3 is 4.74 Å². The Morgan fingerprint density at radius 2 is 2.13 bits per heavy atom. The topological polar surface area (TPSA) is 26.3 Å². The van der Waals surface area contributed by atoms with Crippen LogP contribution in [0, 0.1) is 6.92 Å². The Morgan fingerprint density at radius 1 is 1.47 bits per heavy atom. The van der Waals surface area contributed by atoms with Gasteiger partial charge in [0.1, 0.15) is 0 Å². The van der Waals surface area contributed by atoms with Crippen molar-refractivity contribution in [3.8, 4) is 0 Å². The Kier molecular flexibility index (Phi) is 4.80. The summed E-state index contributed by atoms with van der Waals surface area (Å²) in [6.45, 7) is 4.10. The minimum absolute atomic E-state index is 0.275. The van der Waals surface area contributed by atoms with Gasteiger partial charge in [-0.15, -0.1) is 0 Å². The third-order valence-corrected chi connectivity index (χ3v) is 3.25. The van der Waals surface area contributed by atoms with Gasteiger partial charge in [-0.1, -0.05) is 22.0 Å². The number of hydrogen-bond acceptors (Lipinski definition) is 2. The van der Waals surface area contributed by atoms with Crippen LogP contribution in [-0.4, -0.2) is 12.6 Å². The van der Waals surface area contributed by atoms with Gasteiger partial charge in [0.2, 0.25) is 0 Å². The second-order valence-electron chi connectivity index (χ2n) is 3.12. The van der Waals surface area contributed by atoms with Crippen molar-refractivity contribution in [3.05, 3.63) is 33.3 Å². The summed E-state index contributed by atoms with van der Waals surface area (Å²) in [7, 11) is 0. The molecule has 1 rings (SSSR count). The summed E-state index contributed by atoms with van der Waals surface area (Å²) in [5.41, 5.74) is 2.67. The first-order valence-corrected chi connectivity index (χ1v) is 6.53. The second kappa shape index (κ2) is 5.66. The highest BCUT2D eigenvalue weighted by molar-refractivity contribution is 9.10. The minimum Gasteiger partial charge on any atom is -0.462 e. The first-order chi connectivity index (χ1) is 7.10. The smallest absolute Gasteiger partial charge is 0.339 e. The lowest BCUT2D eigenvalue weighted by molar-refractivity contribution is 0.0524. The molecule has 0 atom stereocenters. The van der Waals surface area contributed by atoms with Crippen LogP contribution < -0.4 is 0 Å². The molecule has 0 heterocycles. The van der Waals surface area contributed by atoms with Gasteiger partial charge in [-0.25, -0.2) is 4.79 Å². The van der Waals surface area contributed by atoms with Crippen LogP contribution in [0.25, 0.3) is 0 Å². The fourth-order valence-electron chi connectivity index (χ4n) is 1.35. The van der Waals surface area contributed by atoms with Crippen LogP contribution in [0.2, 0.25) is 0 Å². The zero-order valence-corrected chi connectivity index (χ0v) is 11.8. The van der Waals surface area contributed by atoms with Crippen molar-refractivity contribution >= 4 is 37.8 Å². The third-order valence-electron chi connectivity index (χ3n) is 1.98. The van der Waals surface area contributed by atoms with Crippen molar-refractivity contribution in [2.24, 2.45) is 0 Å². The second-order valence-corrected chi connectivity index (χ2v) is 4.54. The fourth-order valence-corrected chi connectivity index (χ4v) is 2.45. The summed E-state index contributed by atoms with van der Waals surface area (Å²) in [5, 5.41) is 0.773.